The number of nitrogens with one attached hydrogen (secondary N) is 2. The number of sulfonamides is 1. The number of thiophene rings is 1. The summed E-state index contributed by atoms with van der Waals surface area (Å²) in [6, 6.07) is 7.72. The molecule has 0 aliphatic heterocycles. The first-order valence-corrected chi connectivity index (χ1v) is 8.20. The van der Waals surface area contributed by atoms with Crippen molar-refractivity contribution < 1.29 is 12.8 Å². The smallest absolute Gasteiger partial charge is 0.250 e. The average molecular weight is 315 g/mol. The lowest BCUT2D eigenvalue weighted by molar-refractivity contribution is 0.581. The topological polar surface area (TPSA) is 71.1 Å². The van der Waals surface area contributed by atoms with Crippen LogP contribution in [-0.4, -0.2) is 26.5 Å². The summed E-state index contributed by atoms with van der Waals surface area (Å²) in [5, 5.41) is 2.84. The van der Waals surface area contributed by atoms with Crippen LogP contribution in [0, 0.1) is 12.9 Å². The fourth-order valence-electron chi connectivity index (χ4n) is 1.51. The summed E-state index contributed by atoms with van der Waals surface area (Å²) in [5.41, 5.74) is 0. The number of rotatable bonds is 6. The van der Waals surface area contributed by atoms with Gasteiger partial charge in [0.15, 0.2) is 0 Å². The Hall–Kier alpha value is -1.51. The van der Waals surface area contributed by atoms with Crippen LogP contribution in [0.3, 0.4) is 0 Å². The van der Waals surface area contributed by atoms with Crippen LogP contribution in [0.15, 0.2) is 34.5 Å². The quantitative estimate of drug-likeness (QED) is 0.632. The van der Waals surface area contributed by atoms with Crippen LogP contribution in [-0.2, 0) is 10.0 Å². The molecule has 108 valence electrons. The monoisotopic (exact) mass is 315 g/mol. The minimum absolute atomic E-state index is 0.192. The van der Waals surface area contributed by atoms with Crippen molar-refractivity contribution in [2.24, 2.45) is 0 Å². The number of hydrogen-bond acceptors (Lipinski definition) is 5. The van der Waals surface area contributed by atoms with Crippen molar-refractivity contribution in [1.29, 1.82) is 0 Å². The molecule has 5 nitrogen and oxygen atoms in total. The highest BCUT2D eigenvalue weighted by molar-refractivity contribution is 7.91. The summed E-state index contributed by atoms with van der Waals surface area (Å²) in [7, 11) is -3.47. The third-order valence-electron chi connectivity index (χ3n) is 2.42. The zero-order chi connectivity index (χ0) is 14.6. The van der Waals surface area contributed by atoms with E-state index in [1.165, 1.54) is 23.5 Å². The molecule has 2 aromatic rings. The molecule has 0 aliphatic carbocycles. The van der Waals surface area contributed by atoms with Crippen LogP contribution in [0.4, 0.5) is 10.2 Å². The largest absolute Gasteiger partial charge is 0.369 e. The summed E-state index contributed by atoms with van der Waals surface area (Å²) in [6.45, 7) is 2.36. The maximum Gasteiger partial charge on any atom is 0.250 e. The van der Waals surface area contributed by atoms with Gasteiger partial charge in [-0.2, -0.15) is 4.39 Å². The van der Waals surface area contributed by atoms with Crippen molar-refractivity contribution in [3.8, 4) is 0 Å². The van der Waals surface area contributed by atoms with E-state index < -0.39 is 16.0 Å². The molecule has 0 aliphatic rings. The maximum atomic E-state index is 12.8. The summed E-state index contributed by atoms with van der Waals surface area (Å²) in [5.74, 6) is -0.208. The Balaban J connectivity index is 1.84. The van der Waals surface area contributed by atoms with E-state index in [2.05, 4.69) is 15.0 Å². The molecule has 0 atom stereocenters. The van der Waals surface area contributed by atoms with Gasteiger partial charge < -0.3 is 5.32 Å². The Morgan fingerprint density at radius 1 is 1.25 bits per heavy atom. The molecule has 0 spiro atoms. The van der Waals surface area contributed by atoms with Gasteiger partial charge in [0.25, 0.3) is 0 Å². The third kappa shape index (κ3) is 3.99. The number of pyridine rings is 1. The van der Waals surface area contributed by atoms with Crippen LogP contribution in [0.1, 0.15) is 4.88 Å². The summed E-state index contributed by atoms with van der Waals surface area (Å²) >= 11 is 1.22. The normalized spacial score (nSPS) is 11.5. The van der Waals surface area contributed by atoms with Gasteiger partial charge in [-0.25, -0.2) is 18.1 Å². The van der Waals surface area contributed by atoms with E-state index in [-0.39, 0.29) is 6.54 Å². The van der Waals surface area contributed by atoms with Gasteiger partial charge in [-0.15, -0.1) is 11.3 Å². The first-order chi connectivity index (χ1) is 9.47. The molecular weight excluding hydrogens is 301 g/mol. The molecule has 2 aromatic heterocycles. The molecule has 0 amide bonds. The van der Waals surface area contributed by atoms with Gasteiger partial charge in [-0.1, -0.05) is 6.07 Å². The van der Waals surface area contributed by atoms with E-state index in [1.807, 2.05) is 6.92 Å². The Kier molecular flexibility index (Phi) is 4.69. The lowest BCUT2D eigenvalue weighted by Gasteiger charge is -2.07. The Morgan fingerprint density at radius 3 is 2.70 bits per heavy atom. The molecule has 0 bridgehead atoms. The highest BCUT2D eigenvalue weighted by Crippen LogP contribution is 2.19. The second-order valence-corrected chi connectivity index (χ2v) is 7.32. The number of aryl methyl sites for hydroxylation is 1. The second kappa shape index (κ2) is 6.29. The summed E-state index contributed by atoms with van der Waals surface area (Å²) in [6.07, 6.45) is 0. The van der Waals surface area contributed by atoms with Gasteiger partial charge in [0.05, 0.1) is 0 Å². The van der Waals surface area contributed by atoms with E-state index in [9.17, 15) is 12.8 Å². The Bertz CT molecular complexity index is 686. The van der Waals surface area contributed by atoms with Crippen LogP contribution in [0.2, 0.25) is 0 Å². The van der Waals surface area contributed by atoms with E-state index in [1.54, 1.807) is 18.2 Å². The van der Waals surface area contributed by atoms with Crippen LogP contribution in [0.25, 0.3) is 0 Å². The van der Waals surface area contributed by atoms with E-state index in [0.717, 1.165) is 4.88 Å². The van der Waals surface area contributed by atoms with Crippen molar-refractivity contribution in [1.82, 2.24) is 9.71 Å². The molecule has 0 unspecified atom stereocenters. The predicted octanol–water partition coefficient (Wildman–Crippen LogP) is 1.98. The summed E-state index contributed by atoms with van der Waals surface area (Å²) < 4.78 is 39.4. The molecule has 0 fully saturated rings. The molecular formula is C12H14FN3O2S2. The first-order valence-electron chi connectivity index (χ1n) is 5.90. The van der Waals surface area contributed by atoms with Gasteiger partial charge in [-0.05, 0) is 31.2 Å². The third-order valence-corrected chi connectivity index (χ3v) is 5.37. The molecule has 2 rings (SSSR count). The number of halogens is 1. The minimum Gasteiger partial charge on any atom is -0.369 e. The highest BCUT2D eigenvalue weighted by Gasteiger charge is 2.14. The molecule has 8 heteroatoms. The van der Waals surface area contributed by atoms with Crippen LogP contribution >= 0.6 is 11.3 Å². The van der Waals surface area contributed by atoms with Gasteiger partial charge in [-0.3, -0.25) is 0 Å². The van der Waals surface area contributed by atoms with Gasteiger partial charge in [0.2, 0.25) is 16.0 Å². The molecule has 0 saturated heterocycles. The van der Waals surface area contributed by atoms with Crippen molar-refractivity contribution in [2.45, 2.75) is 11.1 Å². The maximum absolute atomic E-state index is 12.8. The molecule has 0 radical (unpaired) electrons. The van der Waals surface area contributed by atoms with Crippen molar-refractivity contribution in [2.75, 3.05) is 18.4 Å². The van der Waals surface area contributed by atoms with Gasteiger partial charge in [0.1, 0.15) is 10.0 Å². The summed E-state index contributed by atoms with van der Waals surface area (Å²) in [4.78, 5) is 4.55. The van der Waals surface area contributed by atoms with Crippen molar-refractivity contribution in [3.05, 3.63) is 41.2 Å². The zero-order valence-corrected chi connectivity index (χ0v) is 12.4. The van der Waals surface area contributed by atoms with E-state index in [4.69, 9.17) is 0 Å². The predicted molar refractivity (Wildman–Crippen MR) is 76.9 cm³/mol. The Morgan fingerprint density at radius 2 is 2.05 bits per heavy atom. The van der Waals surface area contributed by atoms with Crippen LogP contribution in [0.5, 0.6) is 0 Å². The first kappa shape index (κ1) is 14.9. The molecule has 2 heterocycles. The fourth-order valence-corrected chi connectivity index (χ4v) is 3.87. The Labute approximate surface area is 120 Å². The standard InChI is InChI=1S/C12H14FN3O2S2/c1-9-5-6-12(19-9)20(17,18)15-8-7-14-11-4-2-3-10(13)16-11/h2-6,15H,7-8H2,1H3,(H,14,16). The van der Waals surface area contributed by atoms with Gasteiger partial charge in [0, 0.05) is 18.0 Å². The van der Waals surface area contributed by atoms with E-state index in [0.29, 0.717) is 16.6 Å². The molecule has 2 N–H and O–H groups in total. The second-order valence-electron chi connectivity index (χ2n) is 4.04. The number of aromatic nitrogens is 1. The molecule has 0 aromatic carbocycles. The molecule has 20 heavy (non-hydrogen) atoms. The molecule has 0 saturated carbocycles. The number of anilines is 1. The van der Waals surface area contributed by atoms with Crippen LogP contribution < -0.4 is 10.0 Å². The fraction of sp³-hybridized carbons (Fsp3) is 0.250. The average Bonchev–Trinajstić information content (AvgIpc) is 2.82. The van der Waals surface area contributed by atoms with E-state index >= 15 is 0 Å². The zero-order valence-electron chi connectivity index (χ0n) is 10.8. The SMILES string of the molecule is Cc1ccc(S(=O)(=O)NCCNc2cccc(F)n2)s1. The number of nitrogens with zero attached hydrogens (tertiary/aromatic N) is 1. The minimum atomic E-state index is -3.47. The number of hydrogen-bond donors (Lipinski definition) is 2. The van der Waals surface area contributed by atoms with Gasteiger partial charge >= 0.3 is 0 Å². The highest BCUT2D eigenvalue weighted by atomic mass is 32.2. The van der Waals surface area contributed by atoms with Crippen molar-refractivity contribution in [3.63, 3.8) is 0 Å². The lowest BCUT2D eigenvalue weighted by atomic mass is 10.4. The van der Waals surface area contributed by atoms with Crippen molar-refractivity contribution >= 4 is 27.2 Å². The lowest BCUT2D eigenvalue weighted by Crippen LogP contribution is -2.28.